The molecular weight excluding hydrogens is 476 g/mol. The second-order valence-electron chi connectivity index (χ2n) is 8.82. The summed E-state index contributed by atoms with van der Waals surface area (Å²) in [6.45, 7) is 0.125. The Bertz CT molecular complexity index is 1310. The SMILES string of the molecule is COc1ccc(CN2C(O)C(N3C(=O)c4ccccc4C3=O)C2C(=O)OCc2ccccc2)c(OC)c1. The van der Waals surface area contributed by atoms with E-state index in [1.807, 2.05) is 30.3 Å². The number of rotatable bonds is 8. The van der Waals surface area contributed by atoms with E-state index in [9.17, 15) is 19.5 Å². The molecule has 1 N–H and O–H groups in total. The van der Waals surface area contributed by atoms with E-state index in [4.69, 9.17) is 14.2 Å². The smallest absolute Gasteiger partial charge is 0.326 e. The predicted octanol–water partition coefficient (Wildman–Crippen LogP) is 2.61. The molecule has 3 aromatic carbocycles. The number of amides is 2. The standard InChI is InChI=1S/C28H26N2O7/c1-35-19-13-12-18(22(14-19)36-2)15-29-24(28(34)37-16-17-8-4-3-5-9-17)23(27(29)33)30-25(31)20-10-6-7-11-21(20)26(30)32/h3-14,23-24,27,33H,15-16H2,1-2H3. The van der Waals surface area contributed by atoms with Crippen LogP contribution in [0, 0.1) is 0 Å². The summed E-state index contributed by atoms with van der Waals surface area (Å²) in [7, 11) is 3.05. The van der Waals surface area contributed by atoms with Crippen molar-refractivity contribution in [2.24, 2.45) is 0 Å². The van der Waals surface area contributed by atoms with Crippen LogP contribution >= 0.6 is 0 Å². The van der Waals surface area contributed by atoms with Crippen LogP contribution in [-0.4, -0.2) is 65.2 Å². The molecule has 3 atom stereocenters. The average Bonchev–Trinajstić information content (AvgIpc) is 3.18. The van der Waals surface area contributed by atoms with Crippen LogP contribution in [0.4, 0.5) is 0 Å². The first kappa shape index (κ1) is 24.5. The number of methoxy groups -OCH3 is 2. The molecule has 0 aromatic heterocycles. The highest BCUT2D eigenvalue weighted by atomic mass is 16.5. The molecule has 2 aliphatic rings. The van der Waals surface area contributed by atoms with Crippen molar-refractivity contribution in [2.45, 2.75) is 31.5 Å². The number of likely N-dealkylation sites (tertiary alicyclic amines) is 1. The number of benzene rings is 3. The first-order valence-electron chi connectivity index (χ1n) is 11.8. The highest BCUT2D eigenvalue weighted by Gasteiger charge is 2.59. The van der Waals surface area contributed by atoms with Crippen LogP contribution in [0.2, 0.25) is 0 Å². The maximum atomic E-state index is 13.4. The number of ether oxygens (including phenoxy) is 3. The lowest BCUT2D eigenvalue weighted by Crippen LogP contribution is -2.76. The summed E-state index contributed by atoms with van der Waals surface area (Å²) in [4.78, 5) is 42.2. The molecule has 190 valence electrons. The van der Waals surface area contributed by atoms with Crippen LogP contribution < -0.4 is 9.47 Å². The summed E-state index contributed by atoms with van der Waals surface area (Å²) in [5, 5.41) is 11.2. The van der Waals surface area contributed by atoms with Gasteiger partial charge in [-0.3, -0.25) is 24.2 Å². The van der Waals surface area contributed by atoms with Crippen molar-refractivity contribution in [2.75, 3.05) is 14.2 Å². The van der Waals surface area contributed by atoms with Gasteiger partial charge in [0.15, 0.2) is 0 Å². The molecule has 0 bridgehead atoms. The number of hydrogen-bond donors (Lipinski definition) is 1. The van der Waals surface area contributed by atoms with Crippen molar-refractivity contribution in [3.63, 3.8) is 0 Å². The number of hydrogen-bond acceptors (Lipinski definition) is 8. The maximum Gasteiger partial charge on any atom is 0.326 e. The minimum Gasteiger partial charge on any atom is -0.497 e. The Labute approximate surface area is 213 Å². The molecule has 2 amide bonds. The quantitative estimate of drug-likeness (QED) is 0.370. The maximum absolute atomic E-state index is 13.4. The number of esters is 1. The van der Waals surface area contributed by atoms with Crippen LogP contribution in [0.3, 0.4) is 0 Å². The molecule has 9 nitrogen and oxygen atoms in total. The molecule has 2 aliphatic heterocycles. The van der Waals surface area contributed by atoms with Crippen LogP contribution in [0.15, 0.2) is 72.8 Å². The molecule has 3 unspecified atom stereocenters. The van der Waals surface area contributed by atoms with E-state index in [1.165, 1.54) is 12.0 Å². The van der Waals surface area contributed by atoms with Gasteiger partial charge in [-0.05, 0) is 23.8 Å². The molecule has 0 saturated carbocycles. The fourth-order valence-electron chi connectivity index (χ4n) is 4.83. The lowest BCUT2D eigenvalue weighted by atomic mass is 9.90. The second kappa shape index (κ2) is 10.0. The number of fused-ring (bicyclic) bond motifs is 1. The first-order chi connectivity index (χ1) is 17.9. The van der Waals surface area contributed by atoms with Gasteiger partial charge in [-0.1, -0.05) is 48.5 Å². The third-order valence-corrected chi connectivity index (χ3v) is 6.76. The Hall–Kier alpha value is -4.21. The van der Waals surface area contributed by atoms with Gasteiger partial charge in [0.05, 0.1) is 25.3 Å². The Morgan fingerprint density at radius 1 is 0.892 bits per heavy atom. The number of aliphatic hydroxyl groups is 1. The van der Waals surface area contributed by atoms with E-state index in [0.29, 0.717) is 17.1 Å². The van der Waals surface area contributed by atoms with Crippen molar-refractivity contribution in [3.8, 4) is 11.5 Å². The normalized spacial score (nSPS) is 20.8. The Morgan fingerprint density at radius 3 is 2.16 bits per heavy atom. The van der Waals surface area contributed by atoms with Crippen molar-refractivity contribution < 1.29 is 33.7 Å². The third-order valence-electron chi connectivity index (χ3n) is 6.76. The van der Waals surface area contributed by atoms with Crippen molar-refractivity contribution in [1.29, 1.82) is 0 Å². The molecule has 1 saturated heterocycles. The molecule has 1 fully saturated rings. The van der Waals surface area contributed by atoms with E-state index in [1.54, 1.807) is 49.6 Å². The fourth-order valence-corrected chi connectivity index (χ4v) is 4.83. The summed E-state index contributed by atoms with van der Waals surface area (Å²) >= 11 is 0. The van der Waals surface area contributed by atoms with Gasteiger partial charge in [-0.15, -0.1) is 0 Å². The minimum atomic E-state index is -1.29. The highest BCUT2D eigenvalue weighted by molar-refractivity contribution is 6.21. The van der Waals surface area contributed by atoms with E-state index < -0.39 is 36.1 Å². The minimum absolute atomic E-state index is 0.0147. The van der Waals surface area contributed by atoms with Gasteiger partial charge in [0.2, 0.25) is 0 Å². The number of aliphatic hydroxyl groups excluding tert-OH is 1. The molecule has 9 heteroatoms. The zero-order chi connectivity index (χ0) is 26.1. The Kier molecular flexibility index (Phi) is 6.64. The lowest BCUT2D eigenvalue weighted by Gasteiger charge is -2.53. The zero-order valence-electron chi connectivity index (χ0n) is 20.4. The Balaban J connectivity index is 1.44. The molecule has 0 radical (unpaired) electrons. The van der Waals surface area contributed by atoms with Crippen LogP contribution in [-0.2, 0) is 22.7 Å². The molecule has 0 aliphatic carbocycles. The molecule has 2 heterocycles. The summed E-state index contributed by atoms with van der Waals surface area (Å²) in [5.74, 6) is -0.651. The van der Waals surface area contributed by atoms with E-state index in [-0.39, 0.29) is 24.3 Å². The van der Waals surface area contributed by atoms with Gasteiger partial charge in [-0.25, -0.2) is 0 Å². The van der Waals surface area contributed by atoms with E-state index in [2.05, 4.69) is 0 Å². The van der Waals surface area contributed by atoms with Crippen molar-refractivity contribution in [1.82, 2.24) is 9.80 Å². The largest absolute Gasteiger partial charge is 0.497 e. The highest BCUT2D eigenvalue weighted by Crippen LogP contribution is 2.38. The van der Waals surface area contributed by atoms with Gasteiger partial charge in [0.25, 0.3) is 11.8 Å². The number of carbonyl (C=O) groups is 3. The van der Waals surface area contributed by atoms with Crippen molar-refractivity contribution >= 4 is 17.8 Å². The fraction of sp³-hybridized carbons (Fsp3) is 0.250. The summed E-state index contributed by atoms with van der Waals surface area (Å²) in [6, 6.07) is 18.6. The topological polar surface area (TPSA) is 106 Å². The predicted molar refractivity (Wildman–Crippen MR) is 132 cm³/mol. The number of nitrogens with zero attached hydrogens (tertiary/aromatic N) is 2. The monoisotopic (exact) mass is 502 g/mol. The first-order valence-corrected chi connectivity index (χ1v) is 11.8. The van der Waals surface area contributed by atoms with Gasteiger partial charge in [0, 0.05) is 18.2 Å². The number of carbonyl (C=O) groups excluding carboxylic acids is 3. The van der Waals surface area contributed by atoms with Crippen LogP contribution in [0.25, 0.3) is 0 Å². The Morgan fingerprint density at radius 2 is 1.54 bits per heavy atom. The van der Waals surface area contributed by atoms with E-state index in [0.717, 1.165) is 10.5 Å². The summed E-state index contributed by atoms with van der Waals surface area (Å²) in [6.07, 6.45) is -1.29. The van der Waals surface area contributed by atoms with Gasteiger partial charge in [-0.2, -0.15) is 0 Å². The molecule has 5 rings (SSSR count). The molecular formula is C28H26N2O7. The van der Waals surface area contributed by atoms with Gasteiger partial charge < -0.3 is 19.3 Å². The summed E-state index contributed by atoms with van der Waals surface area (Å²) < 4.78 is 16.3. The molecule has 3 aromatic rings. The summed E-state index contributed by atoms with van der Waals surface area (Å²) in [5.41, 5.74) is 1.96. The average molecular weight is 503 g/mol. The molecule has 0 spiro atoms. The van der Waals surface area contributed by atoms with Crippen molar-refractivity contribution in [3.05, 3.63) is 95.1 Å². The zero-order valence-corrected chi connectivity index (χ0v) is 20.4. The lowest BCUT2D eigenvalue weighted by molar-refractivity contribution is -0.201. The second-order valence-corrected chi connectivity index (χ2v) is 8.82. The van der Waals surface area contributed by atoms with Gasteiger partial charge in [0.1, 0.15) is 36.4 Å². The van der Waals surface area contributed by atoms with Crippen LogP contribution in [0.5, 0.6) is 11.5 Å². The van der Waals surface area contributed by atoms with E-state index >= 15 is 0 Å². The molecule has 37 heavy (non-hydrogen) atoms. The van der Waals surface area contributed by atoms with Gasteiger partial charge >= 0.3 is 5.97 Å². The van der Waals surface area contributed by atoms with Crippen LogP contribution in [0.1, 0.15) is 31.8 Å². The number of imide groups is 1. The third kappa shape index (κ3) is 4.32.